The second kappa shape index (κ2) is 6.58. The Bertz CT molecular complexity index is 608. The van der Waals surface area contributed by atoms with Crippen LogP contribution in [0.15, 0.2) is 34.7 Å². The predicted molar refractivity (Wildman–Crippen MR) is 85.5 cm³/mol. The Morgan fingerprint density at radius 1 is 1.24 bits per heavy atom. The first kappa shape index (κ1) is 14.5. The molecule has 1 aromatic heterocycles. The minimum absolute atomic E-state index is 0.191. The van der Waals surface area contributed by atoms with E-state index in [1.54, 1.807) is 11.3 Å². The molecule has 1 saturated heterocycles. The lowest BCUT2D eigenvalue weighted by atomic mass is 10.1. The van der Waals surface area contributed by atoms with Gasteiger partial charge in [0.1, 0.15) is 10.3 Å². The Hall–Kier alpha value is -1.40. The van der Waals surface area contributed by atoms with Crippen molar-refractivity contribution in [3.05, 3.63) is 40.9 Å². The van der Waals surface area contributed by atoms with Crippen molar-refractivity contribution in [3.8, 4) is 0 Å². The highest BCUT2D eigenvalue weighted by Gasteiger charge is 2.29. The Morgan fingerprint density at radius 3 is 2.57 bits per heavy atom. The van der Waals surface area contributed by atoms with Gasteiger partial charge in [-0.1, -0.05) is 53.4 Å². The van der Waals surface area contributed by atoms with E-state index in [0.717, 1.165) is 40.8 Å². The van der Waals surface area contributed by atoms with E-state index in [4.69, 9.17) is 0 Å². The molecule has 1 atom stereocenters. The quantitative estimate of drug-likeness (QED) is 0.811. The summed E-state index contributed by atoms with van der Waals surface area (Å²) in [4.78, 5) is 14.8. The third-order valence-electron chi connectivity index (χ3n) is 3.47. The van der Waals surface area contributed by atoms with Crippen LogP contribution in [0, 0.1) is 6.92 Å². The molecule has 110 valence electrons. The van der Waals surface area contributed by atoms with Gasteiger partial charge >= 0.3 is 0 Å². The minimum atomic E-state index is -0.225. The summed E-state index contributed by atoms with van der Waals surface area (Å²) >= 11 is 3.05. The number of carbonyl (C=O) groups excluding carboxylic acids is 1. The average Bonchev–Trinajstić information content (AvgIpc) is 3.16. The van der Waals surface area contributed by atoms with Crippen molar-refractivity contribution in [1.29, 1.82) is 0 Å². The molecule has 0 aliphatic carbocycles. The zero-order valence-corrected chi connectivity index (χ0v) is 13.5. The van der Waals surface area contributed by atoms with Crippen LogP contribution in [-0.4, -0.2) is 34.1 Å². The summed E-state index contributed by atoms with van der Waals surface area (Å²) in [6.45, 7) is 3.68. The van der Waals surface area contributed by atoms with E-state index >= 15 is 0 Å². The lowest BCUT2D eigenvalue weighted by molar-refractivity contribution is -0.129. The van der Waals surface area contributed by atoms with Gasteiger partial charge in [0, 0.05) is 13.1 Å². The molecule has 1 fully saturated rings. The van der Waals surface area contributed by atoms with Crippen LogP contribution < -0.4 is 0 Å². The van der Waals surface area contributed by atoms with Gasteiger partial charge in [0.05, 0.1) is 0 Å². The fourth-order valence-electron chi connectivity index (χ4n) is 2.42. The summed E-state index contributed by atoms with van der Waals surface area (Å²) < 4.78 is 0.855. The standard InChI is InChI=1S/C15H17N3OS2/c1-11-16-17-15(20-11)21-13(12-7-3-2-4-8-12)14(19)18-9-5-6-10-18/h2-4,7-8,13H,5-6,9-10H2,1H3. The summed E-state index contributed by atoms with van der Waals surface area (Å²) in [6, 6.07) is 9.96. The number of likely N-dealkylation sites (tertiary alicyclic amines) is 1. The van der Waals surface area contributed by atoms with Crippen LogP contribution in [0.5, 0.6) is 0 Å². The second-order valence-electron chi connectivity index (χ2n) is 5.03. The van der Waals surface area contributed by atoms with Gasteiger partial charge in [0.2, 0.25) is 5.91 Å². The molecule has 0 spiro atoms. The van der Waals surface area contributed by atoms with E-state index in [1.807, 2.05) is 42.2 Å². The molecule has 21 heavy (non-hydrogen) atoms. The maximum Gasteiger partial charge on any atom is 0.240 e. The maximum absolute atomic E-state index is 12.8. The van der Waals surface area contributed by atoms with Gasteiger partial charge in [0.15, 0.2) is 4.34 Å². The molecule has 1 unspecified atom stereocenters. The number of carbonyl (C=O) groups is 1. The third-order valence-corrected chi connectivity index (χ3v) is 5.64. The van der Waals surface area contributed by atoms with Crippen LogP contribution in [0.2, 0.25) is 0 Å². The molecule has 4 nitrogen and oxygen atoms in total. The average molecular weight is 319 g/mol. The molecule has 1 aliphatic rings. The lowest BCUT2D eigenvalue weighted by Crippen LogP contribution is -2.31. The molecule has 2 aromatic rings. The van der Waals surface area contributed by atoms with Gasteiger partial charge in [-0.3, -0.25) is 4.79 Å². The Balaban J connectivity index is 1.85. The first-order valence-electron chi connectivity index (χ1n) is 7.04. The summed E-state index contributed by atoms with van der Waals surface area (Å²) in [7, 11) is 0. The van der Waals surface area contributed by atoms with Crippen molar-refractivity contribution in [2.75, 3.05) is 13.1 Å². The first-order chi connectivity index (χ1) is 10.2. The summed E-state index contributed by atoms with van der Waals surface area (Å²) in [5.41, 5.74) is 1.03. The van der Waals surface area contributed by atoms with Crippen molar-refractivity contribution < 1.29 is 4.79 Å². The van der Waals surface area contributed by atoms with Crippen molar-refractivity contribution in [2.45, 2.75) is 29.4 Å². The van der Waals surface area contributed by atoms with Crippen molar-refractivity contribution in [2.24, 2.45) is 0 Å². The number of hydrogen-bond donors (Lipinski definition) is 0. The smallest absolute Gasteiger partial charge is 0.240 e. The molecule has 6 heteroatoms. The molecule has 3 rings (SSSR count). The maximum atomic E-state index is 12.8. The Kier molecular flexibility index (Phi) is 4.55. The zero-order chi connectivity index (χ0) is 14.7. The highest BCUT2D eigenvalue weighted by Crippen LogP contribution is 2.38. The van der Waals surface area contributed by atoms with E-state index in [2.05, 4.69) is 10.2 Å². The topological polar surface area (TPSA) is 46.1 Å². The van der Waals surface area contributed by atoms with Crippen LogP contribution >= 0.6 is 23.1 Å². The monoisotopic (exact) mass is 319 g/mol. The predicted octanol–water partition coefficient (Wildman–Crippen LogP) is 3.30. The van der Waals surface area contributed by atoms with Gasteiger partial charge in [0.25, 0.3) is 0 Å². The molecular formula is C15H17N3OS2. The SMILES string of the molecule is Cc1nnc(SC(C(=O)N2CCCC2)c2ccccc2)s1. The number of aryl methyl sites for hydroxylation is 1. The first-order valence-corrected chi connectivity index (χ1v) is 8.74. The number of hydrogen-bond acceptors (Lipinski definition) is 5. The van der Waals surface area contributed by atoms with E-state index in [1.165, 1.54) is 11.8 Å². The minimum Gasteiger partial charge on any atom is -0.341 e. The highest BCUT2D eigenvalue weighted by atomic mass is 32.2. The normalized spacial score (nSPS) is 16.1. The van der Waals surface area contributed by atoms with Crippen molar-refractivity contribution in [3.63, 3.8) is 0 Å². The largest absolute Gasteiger partial charge is 0.341 e. The van der Waals surface area contributed by atoms with Crippen molar-refractivity contribution in [1.82, 2.24) is 15.1 Å². The highest BCUT2D eigenvalue weighted by molar-refractivity contribution is 8.01. The molecule has 1 amide bonds. The molecule has 0 saturated carbocycles. The number of benzene rings is 1. The van der Waals surface area contributed by atoms with E-state index < -0.39 is 0 Å². The molecule has 0 bridgehead atoms. The fraction of sp³-hybridized carbons (Fsp3) is 0.400. The summed E-state index contributed by atoms with van der Waals surface area (Å²) in [6.07, 6.45) is 2.21. The summed E-state index contributed by atoms with van der Waals surface area (Å²) in [5, 5.41) is 8.90. The van der Waals surface area contributed by atoms with Gasteiger partial charge in [-0.2, -0.15) is 0 Å². The van der Waals surface area contributed by atoms with Crippen LogP contribution in [0.4, 0.5) is 0 Å². The number of rotatable bonds is 4. The van der Waals surface area contributed by atoms with Crippen molar-refractivity contribution >= 4 is 29.0 Å². The van der Waals surface area contributed by atoms with Gasteiger partial charge in [-0.15, -0.1) is 10.2 Å². The van der Waals surface area contributed by atoms with Crippen LogP contribution in [0.3, 0.4) is 0 Å². The fourth-order valence-corrected chi connectivity index (χ4v) is 4.51. The van der Waals surface area contributed by atoms with E-state index in [0.29, 0.717) is 0 Å². The zero-order valence-electron chi connectivity index (χ0n) is 11.9. The molecule has 1 aliphatic heterocycles. The lowest BCUT2D eigenvalue weighted by Gasteiger charge is -2.22. The van der Waals surface area contributed by atoms with Gasteiger partial charge in [-0.25, -0.2) is 0 Å². The summed E-state index contributed by atoms with van der Waals surface area (Å²) in [5.74, 6) is 0.191. The molecule has 1 aromatic carbocycles. The van der Waals surface area contributed by atoms with Crippen LogP contribution in [0.25, 0.3) is 0 Å². The number of aromatic nitrogens is 2. The van der Waals surface area contributed by atoms with Crippen LogP contribution in [0.1, 0.15) is 28.7 Å². The Labute approximate surface area is 132 Å². The number of thioether (sulfide) groups is 1. The van der Waals surface area contributed by atoms with E-state index in [9.17, 15) is 4.79 Å². The second-order valence-corrected chi connectivity index (χ2v) is 7.56. The van der Waals surface area contributed by atoms with E-state index in [-0.39, 0.29) is 11.2 Å². The molecule has 0 radical (unpaired) electrons. The van der Waals surface area contributed by atoms with Crippen LogP contribution in [-0.2, 0) is 4.79 Å². The Morgan fingerprint density at radius 2 is 1.95 bits per heavy atom. The molecular weight excluding hydrogens is 302 g/mol. The number of nitrogens with zero attached hydrogens (tertiary/aromatic N) is 3. The molecule has 2 heterocycles. The number of amides is 1. The molecule has 0 N–H and O–H groups in total. The third kappa shape index (κ3) is 3.44. The van der Waals surface area contributed by atoms with Gasteiger partial charge in [-0.05, 0) is 25.3 Å². The van der Waals surface area contributed by atoms with Gasteiger partial charge < -0.3 is 4.90 Å².